The summed E-state index contributed by atoms with van der Waals surface area (Å²) >= 11 is 0. The van der Waals surface area contributed by atoms with Gasteiger partial charge in [0.2, 0.25) is 0 Å². The number of aldehydes is 1. The minimum atomic E-state index is -0.236. The molecule has 4 nitrogen and oxygen atoms in total. The van der Waals surface area contributed by atoms with E-state index in [1.807, 2.05) is 0 Å². The van der Waals surface area contributed by atoms with Gasteiger partial charge in [-0.25, -0.2) is 0 Å². The van der Waals surface area contributed by atoms with Gasteiger partial charge in [-0.2, -0.15) is 0 Å². The molecule has 1 aromatic heterocycles. The lowest BCUT2D eigenvalue weighted by molar-refractivity contribution is 0.0947. The molecule has 0 bridgehead atoms. The van der Waals surface area contributed by atoms with Crippen molar-refractivity contribution in [3.05, 3.63) is 53.9 Å². The Kier molecular flexibility index (Phi) is 3.05. The fourth-order valence-corrected chi connectivity index (χ4v) is 1.55. The Hall–Kier alpha value is -2.36. The second-order valence-electron chi connectivity index (χ2n) is 3.45. The van der Waals surface area contributed by atoms with Crippen molar-refractivity contribution in [3.8, 4) is 5.75 Å². The van der Waals surface area contributed by atoms with Gasteiger partial charge < -0.3 is 4.74 Å². The molecule has 0 aliphatic heterocycles. The van der Waals surface area contributed by atoms with Gasteiger partial charge >= 0.3 is 0 Å². The van der Waals surface area contributed by atoms with Crippen LogP contribution in [0.3, 0.4) is 0 Å². The molecule has 17 heavy (non-hydrogen) atoms. The summed E-state index contributed by atoms with van der Waals surface area (Å²) in [6, 6.07) is 9.99. The zero-order valence-electron chi connectivity index (χ0n) is 9.29. The molecular formula is C13H11NO3. The highest BCUT2D eigenvalue weighted by molar-refractivity contribution is 5.98. The molecule has 0 fully saturated rings. The van der Waals surface area contributed by atoms with Gasteiger partial charge in [0, 0.05) is 11.8 Å². The zero-order valence-corrected chi connectivity index (χ0v) is 9.29. The minimum Gasteiger partial charge on any atom is -0.497 e. The highest BCUT2D eigenvalue weighted by Gasteiger charge is 2.11. The first-order valence-electron chi connectivity index (χ1n) is 5.07. The Bertz CT molecular complexity index is 540. The number of benzene rings is 1. The average Bonchev–Trinajstić information content (AvgIpc) is 2.86. The number of rotatable bonds is 3. The monoisotopic (exact) mass is 229 g/mol. The molecule has 0 N–H and O–H groups in total. The predicted octanol–water partition coefficient (Wildman–Crippen LogP) is 2.00. The van der Waals surface area contributed by atoms with Crippen LogP contribution < -0.4 is 4.74 Å². The summed E-state index contributed by atoms with van der Waals surface area (Å²) in [6.45, 7) is 0. The SMILES string of the molecule is COc1ccc(C(=O)n2cccc2C=O)cc1. The Labute approximate surface area is 98.4 Å². The van der Waals surface area contributed by atoms with Crippen LogP contribution in [0.1, 0.15) is 20.8 Å². The Morgan fingerprint density at radius 3 is 2.53 bits per heavy atom. The molecule has 4 heteroatoms. The van der Waals surface area contributed by atoms with Crippen molar-refractivity contribution < 1.29 is 14.3 Å². The van der Waals surface area contributed by atoms with Gasteiger partial charge in [-0.3, -0.25) is 14.2 Å². The molecule has 1 heterocycles. The van der Waals surface area contributed by atoms with E-state index in [4.69, 9.17) is 4.74 Å². The Morgan fingerprint density at radius 1 is 1.24 bits per heavy atom. The van der Waals surface area contributed by atoms with E-state index in [-0.39, 0.29) is 5.91 Å². The maximum atomic E-state index is 12.1. The van der Waals surface area contributed by atoms with E-state index in [0.29, 0.717) is 23.3 Å². The standard InChI is InChI=1S/C13H11NO3/c1-17-12-6-4-10(5-7-12)13(16)14-8-2-3-11(14)9-15/h2-9H,1H3. The summed E-state index contributed by atoms with van der Waals surface area (Å²) in [4.78, 5) is 22.8. The second kappa shape index (κ2) is 4.65. The van der Waals surface area contributed by atoms with E-state index in [1.54, 1.807) is 49.7 Å². The predicted molar refractivity (Wildman–Crippen MR) is 62.5 cm³/mol. The van der Waals surface area contributed by atoms with E-state index in [9.17, 15) is 9.59 Å². The number of hydrogen-bond donors (Lipinski definition) is 0. The smallest absolute Gasteiger partial charge is 0.262 e. The third-order valence-electron chi connectivity index (χ3n) is 2.46. The minimum absolute atomic E-state index is 0.236. The fourth-order valence-electron chi connectivity index (χ4n) is 1.55. The highest BCUT2D eigenvalue weighted by atomic mass is 16.5. The number of nitrogens with zero attached hydrogens (tertiary/aromatic N) is 1. The van der Waals surface area contributed by atoms with Crippen LogP contribution in [0.2, 0.25) is 0 Å². The van der Waals surface area contributed by atoms with Crippen LogP contribution >= 0.6 is 0 Å². The molecule has 0 amide bonds. The molecule has 0 aliphatic rings. The number of aromatic nitrogens is 1. The topological polar surface area (TPSA) is 48.3 Å². The number of hydrogen-bond acceptors (Lipinski definition) is 3. The molecular weight excluding hydrogens is 218 g/mol. The summed E-state index contributed by atoms with van der Waals surface area (Å²) in [5, 5.41) is 0. The van der Waals surface area contributed by atoms with E-state index in [0.717, 1.165) is 0 Å². The first-order chi connectivity index (χ1) is 8.26. The van der Waals surface area contributed by atoms with Crippen molar-refractivity contribution in [1.82, 2.24) is 4.57 Å². The molecule has 2 rings (SSSR count). The third-order valence-corrected chi connectivity index (χ3v) is 2.46. The van der Waals surface area contributed by atoms with Crippen LogP contribution in [0.4, 0.5) is 0 Å². The normalized spacial score (nSPS) is 9.94. The number of methoxy groups -OCH3 is 1. The fraction of sp³-hybridized carbons (Fsp3) is 0.0769. The van der Waals surface area contributed by atoms with Crippen molar-refractivity contribution in [1.29, 1.82) is 0 Å². The number of carbonyl (C=O) groups excluding carboxylic acids is 2. The van der Waals surface area contributed by atoms with Crippen LogP contribution in [-0.2, 0) is 0 Å². The van der Waals surface area contributed by atoms with Gasteiger partial charge in [0.15, 0.2) is 6.29 Å². The van der Waals surface area contributed by atoms with Crippen molar-refractivity contribution in [3.63, 3.8) is 0 Å². The molecule has 0 atom stereocenters. The Balaban J connectivity index is 2.33. The maximum absolute atomic E-state index is 12.1. The molecule has 0 saturated carbocycles. The van der Waals surface area contributed by atoms with Crippen LogP contribution in [-0.4, -0.2) is 23.9 Å². The average molecular weight is 229 g/mol. The van der Waals surface area contributed by atoms with Gasteiger partial charge in [0.1, 0.15) is 5.75 Å². The van der Waals surface area contributed by atoms with Gasteiger partial charge in [0.05, 0.1) is 12.8 Å². The first kappa shape index (κ1) is 11.1. The molecule has 86 valence electrons. The van der Waals surface area contributed by atoms with E-state index in [2.05, 4.69) is 0 Å². The van der Waals surface area contributed by atoms with Crippen molar-refractivity contribution in [2.45, 2.75) is 0 Å². The number of carbonyl (C=O) groups is 2. The van der Waals surface area contributed by atoms with Crippen molar-refractivity contribution in [2.75, 3.05) is 7.11 Å². The zero-order chi connectivity index (χ0) is 12.3. The second-order valence-corrected chi connectivity index (χ2v) is 3.45. The summed E-state index contributed by atoms with van der Waals surface area (Å²) in [7, 11) is 1.56. The van der Waals surface area contributed by atoms with Crippen LogP contribution in [0.5, 0.6) is 5.75 Å². The lowest BCUT2D eigenvalue weighted by Crippen LogP contribution is -2.13. The van der Waals surface area contributed by atoms with Crippen LogP contribution in [0, 0.1) is 0 Å². The number of ether oxygens (including phenoxy) is 1. The Morgan fingerprint density at radius 2 is 1.94 bits per heavy atom. The van der Waals surface area contributed by atoms with E-state index in [1.165, 1.54) is 4.57 Å². The van der Waals surface area contributed by atoms with E-state index < -0.39 is 0 Å². The highest BCUT2D eigenvalue weighted by Crippen LogP contribution is 2.13. The summed E-state index contributed by atoms with van der Waals surface area (Å²) in [6.07, 6.45) is 2.22. The molecule has 0 aliphatic carbocycles. The van der Waals surface area contributed by atoms with Crippen LogP contribution in [0.15, 0.2) is 42.6 Å². The third kappa shape index (κ3) is 2.10. The summed E-state index contributed by atoms with van der Waals surface area (Å²) in [5.74, 6) is 0.449. The first-order valence-corrected chi connectivity index (χ1v) is 5.07. The lowest BCUT2D eigenvalue weighted by atomic mass is 10.2. The molecule has 0 unspecified atom stereocenters. The molecule has 0 saturated heterocycles. The maximum Gasteiger partial charge on any atom is 0.262 e. The quantitative estimate of drug-likeness (QED) is 0.756. The van der Waals surface area contributed by atoms with Crippen LogP contribution in [0.25, 0.3) is 0 Å². The van der Waals surface area contributed by atoms with Gasteiger partial charge in [0.25, 0.3) is 5.91 Å². The molecule has 1 aromatic carbocycles. The van der Waals surface area contributed by atoms with Gasteiger partial charge in [-0.05, 0) is 36.4 Å². The van der Waals surface area contributed by atoms with E-state index >= 15 is 0 Å². The summed E-state index contributed by atoms with van der Waals surface area (Å²) < 4.78 is 6.32. The molecule has 2 aromatic rings. The van der Waals surface area contributed by atoms with Crippen molar-refractivity contribution in [2.24, 2.45) is 0 Å². The molecule has 0 spiro atoms. The lowest BCUT2D eigenvalue weighted by Gasteiger charge is -2.05. The largest absolute Gasteiger partial charge is 0.497 e. The van der Waals surface area contributed by atoms with Gasteiger partial charge in [-0.15, -0.1) is 0 Å². The molecule has 0 radical (unpaired) electrons. The van der Waals surface area contributed by atoms with Gasteiger partial charge in [-0.1, -0.05) is 0 Å². The van der Waals surface area contributed by atoms with Crippen molar-refractivity contribution >= 4 is 12.2 Å². The summed E-state index contributed by atoms with van der Waals surface area (Å²) in [5.41, 5.74) is 0.843.